The fourth-order valence-electron chi connectivity index (χ4n) is 5.19. The summed E-state index contributed by atoms with van der Waals surface area (Å²) in [5, 5.41) is 10.4. The van der Waals surface area contributed by atoms with Crippen molar-refractivity contribution in [2.45, 2.75) is 38.1 Å². The normalized spacial score (nSPS) is 20.2. The maximum Gasteiger partial charge on any atom is 0.318 e. The van der Waals surface area contributed by atoms with Crippen molar-refractivity contribution in [1.82, 2.24) is 34.7 Å². The number of piperidine rings is 1. The molecule has 3 aromatic heterocycles. The average Bonchev–Trinajstić information content (AvgIpc) is 3.54. The molecule has 4 aromatic rings. The highest BCUT2D eigenvalue weighted by Gasteiger charge is 2.33. The van der Waals surface area contributed by atoms with Crippen LogP contribution in [0.15, 0.2) is 48.9 Å². The quantitative estimate of drug-likeness (QED) is 0.440. The molecule has 11 heteroatoms. The van der Waals surface area contributed by atoms with Crippen molar-refractivity contribution in [2.24, 2.45) is 0 Å². The second kappa shape index (κ2) is 9.55. The summed E-state index contributed by atoms with van der Waals surface area (Å²) in [5.74, 6) is -1.26. The van der Waals surface area contributed by atoms with E-state index in [1.54, 1.807) is 16.0 Å². The number of aromatic nitrogens is 4. The number of likely N-dealkylation sites (tertiary alicyclic amines) is 1. The summed E-state index contributed by atoms with van der Waals surface area (Å²) in [5.41, 5.74) is 4.35. The van der Waals surface area contributed by atoms with Crippen LogP contribution >= 0.6 is 0 Å². The molecule has 2 N–H and O–H groups in total. The van der Waals surface area contributed by atoms with Crippen LogP contribution in [0.4, 0.5) is 18.0 Å². The number of fused-ring (bicyclic) bond motifs is 2. The Labute approximate surface area is 211 Å². The Balaban J connectivity index is 1.14. The minimum atomic E-state index is -1.24. The Kier molecular flexibility index (Phi) is 6.07. The summed E-state index contributed by atoms with van der Waals surface area (Å²) < 4.78 is 44.9. The lowest BCUT2D eigenvalue weighted by molar-refractivity contribution is 0.0995. The van der Waals surface area contributed by atoms with Crippen LogP contribution in [0.1, 0.15) is 23.2 Å². The van der Waals surface area contributed by atoms with E-state index in [-0.39, 0.29) is 31.1 Å². The van der Waals surface area contributed by atoms with E-state index in [1.165, 1.54) is 18.2 Å². The molecule has 8 nitrogen and oxygen atoms in total. The number of hydrogen-bond acceptors (Lipinski definition) is 4. The highest BCUT2D eigenvalue weighted by atomic mass is 19.1. The predicted molar refractivity (Wildman–Crippen MR) is 130 cm³/mol. The summed E-state index contributed by atoms with van der Waals surface area (Å²) in [7, 11) is 0. The molecule has 0 aliphatic carbocycles. The number of carbonyl (C=O) groups is 1. The Morgan fingerprint density at radius 2 is 2.00 bits per heavy atom. The number of imidazole rings is 1. The molecule has 192 valence electrons. The lowest BCUT2D eigenvalue weighted by Gasteiger charge is -2.37. The van der Waals surface area contributed by atoms with Gasteiger partial charge in [0.2, 0.25) is 0 Å². The van der Waals surface area contributed by atoms with Crippen LogP contribution in [0.2, 0.25) is 0 Å². The summed E-state index contributed by atoms with van der Waals surface area (Å²) in [4.78, 5) is 20.9. The van der Waals surface area contributed by atoms with Crippen molar-refractivity contribution >= 4 is 11.7 Å². The van der Waals surface area contributed by atoms with Crippen molar-refractivity contribution in [3.05, 3.63) is 77.4 Å². The Morgan fingerprint density at radius 1 is 1.16 bits per heavy atom. The van der Waals surface area contributed by atoms with E-state index < -0.39 is 23.8 Å². The van der Waals surface area contributed by atoms with Crippen LogP contribution in [0.3, 0.4) is 0 Å². The van der Waals surface area contributed by atoms with Crippen LogP contribution < -0.4 is 5.32 Å². The SMILES string of the molecule is O=C(NC1CN(Cc2c(F)cccc2F)CCC1F)N1CCc2[nH]nc(-c3ccc4nccn4c3)c2C1. The van der Waals surface area contributed by atoms with Crippen LogP contribution in [0.25, 0.3) is 16.9 Å². The fourth-order valence-corrected chi connectivity index (χ4v) is 5.19. The third kappa shape index (κ3) is 4.55. The average molecular weight is 510 g/mol. The number of alkyl halides is 1. The molecule has 0 bridgehead atoms. The topological polar surface area (TPSA) is 81.6 Å². The molecule has 0 saturated carbocycles. The van der Waals surface area contributed by atoms with E-state index in [0.29, 0.717) is 26.1 Å². The number of amides is 2. The van der Waals surface area contributed by atoms with E-state index in [2.05, 4.69) is 20.5 Å². The predicted octanol–water partition coefficient (Wildman–Crippen LogP) is 3.68. The maximum atomic E-state index is 14.8. The van der Waals surface area contributed by atoms with Gasteiger partial charge in [0, 0.05) is 73.6 Å². The van der Waals surface area contributed by atoms with Gasteiger partial charge in [-0.25, -0.2) is 22.9 Å². The van der Waals surface area contributed by atoms with Crippen molar-refractivity contribution in [1.29, 1.82) is 0 Å². The van der Waals surface area contributed by atoms with E-state index >= 15 is 0 Å². The number of benzene rings is 1. The lowest BCUT2D eigenvalue weighted by Crippen LogP contribution is -2.56. The summed E-state index contributed by atoms with van der Waals surface area (Å²) in [6, 6.07) is 6.45. The maximum absolute atomic E-state index is 14.8. The van der Waals surface area contributed by atoms with Crippen molar-refractivity contribution in [3.63, 3.8) is 0 Å². The van der Waals surface area contributed by atoms with Crippen LogP contribution in [0.5, 0.6) is 0 Å². The number of hydrogen-bond donors (Lipinski definition) is 2. The molecular weight excluding hydrogens is 483 g/mol. The molecule has 1 aromatic carbocycles. The van der Waals surface area contributed by atoms with Gasteiger partial charge in [-0.1, -0.05) is 6.07 Å². The largest absolute Gasteiger partial charge is 0.331 e. The Hall–Kier alpha value is -3.86. The first kappa shape index (κ1) is 23.5. The van der Waals surface area contributed by atoms with E-state index in [4.69, 9.17) is 0 Å². The van der Waals surface area contributed by atoms with Crippen LogP contribution in [-0.4, -0.2) is 67.3 Å². The van der Waals surface area contributed by atoms with Crippen LogP contribution in [0, 0.1) is 11.6 Å². The summed E-state index contributed by atoms with van der Waals surface area (Å²) in [6.45, 7) is 1.34. The van der Waals surface area contributed by atoms with Gasteiger partial charge in [0.05, 0.1) is 18.3 Å². The molecule has 2 amide bonds. The molecule has 2 atom stereocenters. The van der Waals surface area contributed by atoms with Crippen LogP contribution in [-0.2, 0) is 19.5 Å². The third-order valence-corrected chi connectivity index (χ3v) is 7.25. The number of pyridine rings is 1. The Morgan fingerprint density at radius 3 is 2.84 bits per heavy atom. The minimum Gasteiger partial charge on any atom is -0.331 e. The van der Waals surface area contributed by atoms with Gasteiger partial charge >= 0.3 is 6.03 Å². The van der Waals surface area contributed by atoms with Gasteiger partial charge in [-0.3, -0.25) is 10.00 Å². The molecular formula is C26H26F3N7O. The second-order valence-corrected chi connectivity index (χ2v) is 9.61. The van der Waals surface area contributed by atoms with Gasteiger partial charge in [-0.2, -0.15) is 5.10 Å². The zero-order valence-electron chi connectivity index (χ0n) is 20.0. The zero-order chi connectivity index (χ0) is 25.5. The number of urea groups is 1. The molecule has 2 aliphatic rings. The van der Waals surface area contributed by atoms with E-state index in [1.807, 2.05) is 28.9 Å². The highest BCUT2D eigenvalue weighted by molar-refractivity contribution is 5.76. The number of aromatic amines is 1. The first-order valence-corrected chi connectivity index (χ1v) is 12.3. The number of rotatable bonds is 4. The molecule has 2 aliphatic heterocycles. The first-order valence-electron chi connectivity index (χ1n) is 12.3. The van der Waals surface area contributed by atoms with Gasteiger partial charge in [0.25, 0.3) is 0 Å². The van der Waals surface area contributed by atoms with E-state index in [0.717, 1.165) is 28.2 Å². The first-order chi connectivity index (χ1) is 18.0. The number of H-pyrrole nitrogens is 1. The molecule has 6 rings (SSSR count). The molecule has 1 saturated heterocycles. The third-order valence-electron chi connectivity index (χ3n) is 7.25. The number of nitrogens with one attached hydrogen (secondary N) is 2. The summed E-state index contributed by atoms with van der Waals surface area (Å²) in [6.07, 6.45) is 5.07. The van der Waals surface area contributed by atoms with E-state index in [9.17, 15) is 18.0 Å². The summed E-state index contributed by atoms with van der Waals surface area (Å²) >= 11 is 0. The zero-order valence-corrected chi connectivity index (χ0v) is 20.0. The van der Waals surface area contributed by atoms with Gasteiger partial charge in [0.15, 0.2) is 0 Å². The molecule has 0 radical (unpaired) electrons. The van der Waals surface area contributed by atoms with Crippen molar-refractivity contribution in [2.75, 3.05) is 19.6 Å². The molecule has 2 unspecified atom stereocenters. The fraction of sp³-hybridized carbons (Fsp3) is 0.346. The number of carbonyl (C=O) groups excluding carboxylic acids is 1. The molecule has 37 heavy (non-hydrogen) atoms. The van der Waals surface area contributed by atoms with Crippen molar-refractivity contribution in [3.8, 4) is 11.3 Å². The number of halogens is 3. The smallest absolute Gasteiger partial charge is 0.318 e. The standard InChI is InChI=1S/C26H26F3N7O/c27-19-2-1-3-20(28)17(19)13-34-9-6-21(29)23(15-34)31-26(37)36-10-7-22-18(14-36)25(33-32-22)16-4-5-24-30-8-11-35(24)12-16/h1-5,8,11-12,21,23H,6-7,9-10,13-15H2,(H,31,37)(H,32,33). The van der Waals surface area contributed by atoms with Crippen molar-refractivity contribution < 1.29 is 18.0 Å². The second-order valence-electron chi connectivity index (χ2n) is 9.61. The Bertz CT molecular complexity index is 1430. The highest BCUT2D eigenvalue weighted by Crippen LogP contribution is 2.29. The van der Waals surface area contributed by atoms with Gasteiger partial charge in [0.1, 0.15) is 23.5 Å². The number of nitrogens with zero attached hydrogens (tertiary/aromatic N) is 5. The molecule has 1 fully saturated rings. The monoisotopic (exact) mass is 509 g/mol. The minimum absolute atomic E-state index is 0.0182. The lowest BCUT2D eigenvalue weighted by atomic mass is 10.0. The molecule has 0 spiro atoms. The van der Waals surface area contributed by atoms with Gasteiger partial charge in [-0.05, 0) is 30.7 Å². The molecule has 5 heterocycles. The van der Waals surface area contributed by atoms with Gasteiger partial charge in [-0.15, -0.1) is 0 Å². The van der Waals surface area contributed by atoms with Gasteiger partial charge < -0.3 is 14.6 Å².